The SMILES string of the molecule is CC(C)c1cc(=O)[nH]c(N2CCC(NC(=O)OC(C)(C)C)C2)n1. The van der Waals surface area contributed by atoms with Gasteiger partial charge in [-0.3, -0.25) is 9.78 Å². The molecule has 1 fully saturated rings. The van der Waals surface area contributed by atoms with Crippen molar-refractivity contribution in [3.05, 3.63) is 22.1 Å². The van der Waals surface area contributed by atoms with Crippen LogP contribution in [0.25, 0.3) is 0 Å². The third-order valence-corrected chi connectivity index (χ3v) is 3.55. The number of alkyl carbamates (subject to hydrolysis) is 1. The summed E-state index contributed by atoms with van der Waals surface area (Å²) in [5, 5.41) is 2.86. The minimum absolute atomic E-state index is 0.0159. The Morgan fingerprint density at radius 1 is 1.48 bits per heavy atom. The van der Waals surface area contributed by atoms with Crippen LogP contribution >= 0.6 is 0 Å². The molecule has 0 bridgehead atoms. The predicted octanol–water partition coefficient (Wildman–Crippen LogP) is 2.00. The Bertz CT molecular complexity index is 618. The maximum absolute atomic E-state index is 11.8. The molecule has 1 aliphatic rings. The quantitative estimate of drug-likeness (QED) is 0.888. The van der Waals surface area contributed by atoms with Gasteiger partial charge < -0.3 is 15.0 Å². The Balaban J connectivity index is 2.00. The van der Waals surface area contributed by atoms with Gasteiger partial charge >= 0.3 is 6.09 Å². The van der Waals surface area contributed by atoms with Gasteiger partial charge in [0.1, 0.15) is 5.60 Å². The second kappa shape index (κ2) is 6.60. The van der Waals surface area contributed by atoms with Crippen molar-refractivity contribution in [2.45, 2.75) is 58.6 Å². The van der Waals surface area contributed by atoms with Crippen molar-refractivity contribution in [3.8, 4) is 0 Å². The number of H-pyrrole nitrogens is 1. The molecule has 1 unspecified atom stereocenters. The van der Waals surface area contributed by atoms with Gasteiger partial charge in [0.05, 0.1) is 11.7 Å². The van der Waals surface area contributed by atoms with Crippen LogP contribution in [-0.4, -0.2) is 40.8 Å². The standard InChI is InChI=1S/C16H26N4O3/c1-10(2)12-8-13(21)19-14(18-12)20-7-6-11(9-20)17-15(22)23-16(3,4)5/h8,10-11H,6-7,9H2,1-5H3,(H,17,22)(H,18,19,21). The first-order chi connectivity index (χ1) is 10.6. The van der Waals surface area contributed by atoms with E-state index < -0.39 is 11.7 Å². The first-order valence-corrected chi connectivity index (χ1v) is 8.00. The molecule has 1 aromatic rings. The average molecular weight is 322 g/mol. The van der Waals surface area contributed by atoms with Gasteiger partial charge in [-0.15, -0.1) is 0 Å². The lowest BCUT2D eigenvalue weighted by Crippen LogP contribution is -2.40. The van der Waals surface area contributed by atoms with Crippen LogP contribution < -0.4 is 15.8 Å². The molecular weight excluding hydrogens is 296 g/mol. The van der Waals surface area contributed by atoms with Crippen LogP contribution in [0.3, 0.4) is 0 Å². The van der Waals surface area contributed by atoms with Crippen molar-refractivity contribution in [2.75, 3.05) is 18.0 Å². The van der Waals surface area contributed by atoms with E-state index in [1.54, 1.807) is 0 Å². The van der Waals surface area contributed by atoms with E-state index in [0.29, 0.717) is 12.5 Å². The lowest BCUT2D eigenvalue weighted by molar-refractivity contribution is 0.0509. The van der Waals surface area contributed by atoms with E-state index in [1.165, 1.54) is 6.07 Å². The van der Waals surface area contributed by atoms with Crippen molar-refractivity contribution in [1.29, 1.82) is 0 Å². The zero-order valence-electron chi connectivity index (χ0n) is 14.5. The number of hydrogen-bond acceptors (Lipinski definition) is 5. The monoisotopic (exact) mass is 322 g/mol. The fourth-order valence-electron chi connectivity index (χ4n) is 2.45. The minimum Gasteiger partial charge on any atom is -0.444 e. The molecule has 23 heavy (non-hydrogen) atoms. The van der Waals surface area contributed by atoms with E-state index in [2.05, 4.69) is 15.3 Å². The lowest BCUT2D eigenvalue weighted by atomic mass is 10.1. The number of rotatable bonds is 3. The molecule has 1 amide bonds. The molecule has 7 heteroatoms. The molecule has 1 aromatic heterocycles. The van der Waals surface area contributed by atoms with Crippen LogP contribution in [0, 0.1) is 0 Å². The van der Waals surface area contributed by atoms with Gasteiger partial charge in [-0.25, -0.2) is 9.78 Å². The summed E-state index contributed by atoms with van der Waals surface area (Å²) in [6.45, 7) is 10.8. The van der Waals surface area contributed by atoms with Crippen LogP contribution in [0.4, 0.5) is 10.7 Å². The number of amides is 1. The van der Waals surface area contributed by atoms with Crippen LogP contribution in [0.2, 0.25) is 0 Å². The van der Waals surface area contributed by atoms with E-state index in [9.17, 15) is 9.59 Å². The van der Waals surface area contributed by atoms with E-state index in [4.69, 9.17) is 4.74 Å². The molecule has 1 saturated heterocycles. The highest BCUT2D eigenvalue weighted by molar-refractivity contribution is 5.68. The molecule has 2 rings (SSSR count). The maximum atomic E-state index is 11.8. The predicted molar refractivity (Wildman–Crippen MR) is 88.9 cm³/mol. The summed E-state index contributed by atoms with van der Waals surface area (Å²) in [7, 11) is 0. The Labute approximate surface area is 136 Å². The maximum Gasteiger partial charge on any atom is 0.407 e. The van der Waals surface area contributed by atoms with E-state index in [1.807, 2.05) is 39.5 Å². The third-order valence-electron chi connectivity index (χ3n) is 3.55. The van der Waals surface area contributed by atoms with Crippen molar-refractivity contribution >= 4 is 12.0 Å². The van der Waals surface area contributed by atoms with E-state index >= 15 is 0 Å². The number of ether oxygens (including phenoxy) is 1. The molecule has 0 spiro atoms. The average Bonchev–Trinajstić information content (AvgIpc) is 2.84. The third kappa shape index (κ3) is 4.97. The molecule has 7 nitrogen and oxygen atoms in total. The number of anilines is 1. The smallest absolute Gasteiger partial charge is 0.407 e. The van der Waals surface area contributed by atoms with Crippen molar-refractivity contribution in [3.63, 3.8) is 0 Å². The van der Waals surface area contributed by atoms with Crippen LogP contribution in [-0.2, 0) is 4.74 Å². The topological polar surface area (TPSA) is 87.3 Å². The largest absolute Gasteiger partial charge is 0.444 e. The second-order valence-electron chi connectivity index (χ2n) is 7.23. The second-order valence-corrected chi connectivity index (χ2v) is 7.23. The van der Waals surface area contributed by atoms with Gasteiger partial charge in [0.25, 0.3) is 5.56 Å². The Kier molecular flexibility index (Phi) is 4.97. The Morgan fingerprint density at radius 3 is 2.78 bits per heavy atom. The first kappa shape index (κ1) is 17.3. The highest BCUT2D eigenvalue weighted by atomic mass is 16.6. The van der Waals surface area contributed by atoms with Crippen molar-refractivity contribution in [1.82, 2.24) is 15.3 Å². The zero-order valence-corrected chi connectivity index (χ0v) is 14.5. The van der Waals surface area contributed by atoms with E-state index in [-0.39, 0.29) is 17.5 Å². The number of aromatic nitrogens is 2. The molecule has 1 atom stereocenters. The number of carbonyl (C=O) groups is 1. The van der Waals surface area contributed by atoms with E-state index in [0.717, 1.165) is 18.7 Å². The van der Waals surface area contributed by atoms with Gasteiger partial charge in [-0.2, -0.15) is 0 Å². The summed E-state index contributed by atoms with van der Waals surface area (Å²) in [5.74, 6) is 0.754. The van der Waals surface area contributed by atoms with Crippen LogP contribution in [0.5, 0.6) is 0 Å². The summed E-state index contributed by atoms with van der Waals surface area (Å²) >= 11 is 0. The molecular formula is C16H26N4O3. The van der Waals surface area contributed by atoms with Gasteiger partial charge in [-0.05, 0) is 33.1 Å². The highest BCUT2D eigenvalue weighted by Crippen LogP contribution is 2.18. The van der Waals surface area contributed by atoms with Crippen LogP contribution in [0.1, 0.15) is 52.7 Å². The summed E-state index contributed by atoms with van der Waals surface area (Å²) in [6.07, 6.45) is 0.372. The number of nitrogens with zero attached hydrogens (tertiary/aromatic N) is 2. The molecule has 0 radical (unpaired) electrons. The van der Waals surface area contributed by atoms with Crippen molar-refractivity contribution in [2.24, 2.45) is 0 Å². The molecule has 2 N–H and O–H groups in total. The normalized spacial score (nSPS) is 18.3. The highest BCUT2D eigenvalue weighted by Gasteiger charge is 2.27. The number of hydrogen-bond donors (Lipinski definition) is 2. The summed E-state index contributed by atoms with van der Waals surface area (Å²) in [4.78, 5) is 32.9. The number of aromatic amines is 1. The summed E-state index contributed by atoms with van der Waals surface area (Å²) in [5.41, 5.74) is 0.107. The minimum atomic E-state index is -0.513. The number of nitrogens with one attached hydrogen (secondary N) is 2. The van der Waals surface area contributed by atoms with Gasteiger partial charge in [0, 0.05) is 19.2 Å². The fourth-order valence-corrected chi connectivity index (χ4v) is 2.45. The molecule has 0 saturated carbocycles. The lowest BCUT2D eigenvalue weighted by Gasteiger charge is -2.22. The van der Waals surface area contributed by atoms with Gasteiger partial charge in [-0.1, -0.05) is 13.8 Å². The summed E-state index contributed by atoms with van der Waals surface area (Å²) < 4.78 is 5.27. The molecule has 2 heterocycles. The molecule has 1 aliphatic heterocycles. The Morgan fingerprint density at radius 2 is 2.17 bits per heavy atom. The van der Waals surface area contributed by atoms with Crippen LogP contribution in [0.15, 0.2) is 10.9 Å². The Hall–Kier alpha value is -2.05. The molecule has 128 valence electrons. The van der Waals surface area contributed by atoms with Crippen molar-refractivity contribution < 1.29 is 9.53 Å². The zero-order chi connectivity index (χ0) is 17.2. The summed E-state index contributed by atoms with van der Waals surface area (Å²) in [6, 6.07) is 1.51. The number of carbonyl (C=O) groups excluding carboxylic acids is 1. The first-order valence-electron chi connectivity index (χ1n) is 8.00. The molecule has 0 aromatic carbocycles. The van der Waals surface area contributed by atoms with Gasteiger partial charge in [0.2, 0.25) is 5.95 Å². The molecule has 0 aliphatic carbocycles. The van der Waals surface area contributed by atoms with Gasteiger partial charge in [0.15, 0.2) is 0 Å². The fraction of sp³-hybridized carbons (Fsp3) is 0.688.